The zero-order chi connectivity index (χ0) is 15.5. The molecule has 0 aliphatic carbocycles. The van der Waals surface area contributed by atoms with Gasteiger partial charge in [-0.15, -0.1) is 0 Å². The van der Waals surface area contributed by atoms with Crippen LogP contribution in [-0.4, -0.2) is 4.98 Å². The summed E-state index contributed by atoms with van der Waals surface area (Å²) >= 11 is 0. The van der Waals surface area contributed by atoms with E-state index in [2.05, 4.69) is 30.1 Å². The molecule has 0 amide bonds. The van der Waals surface area contributed by atoms with E-state index < -0.39 is 0 Å². The first kappa shape index (κ1) is 14.5. The van der Waals surface area contributed by atoms with E-state index in [0.717, 1.165) is 11.1 Å². The normalized spacial score (nSPS) is 12.1. The quantitative estimate of drug-likeness (QED) is 0.634. The van der Waals surface area contributed by atoms with Gasteiger partial charge < -0.3 is 0 Å². The highest BCUT2D eigenvalue weighted by atomic mass is 19.1. The van der Waals surface area contributed by atoms with Crippen molar-refractivity contribution < 1.29 is 4.39 Å². The molecule has 2 aromatic carbocycles. The van der Waals surface area contributed by atoms with Crippen LogP contribution in [-0.2, 0) is 0 Å². The van der Waals surface area contributed by atoms with E-state index in [1.807, 2.05) is 37.4 Å². The van der Waals surface area contributed by atoms with Crippen LogP contribution >= 0.6 is 0 Å². The maximum atomic E-state index is 13.9. The molecule has 0 aliphatic rings. The number of pyridine rings is 1. The topological polar surface area (TPSA) is 12.9 Å². The third kappa shape index (κ3) is 2.77. The van der Waals surface area contributed by atoms with Crippen molar-refractivity contribution >= 4 is 0 Å². The predicted octanol–water partition coefficient (Wildman–Crippen LogP) is 5.35. The van der Waals surface area contributed by atoms with Gasteiger partial charge in [0.2, 0.25) is 0 Å². The fourth-order valence-electron chi connectivity index (χ4n) is 2.70. The van der Waals surface area contributed by atoms with Crippen LogP contribution < -0.4 is 0 Å². The smallest absolute Gasteiger partial charge is 0.132 e. The highest BCUT2D eigenvalue weighted by Crippen LogP contribution is 2.28. The van der Waals surface area contributed by atoms with Crippen LogP contribution in [0.4, 0.5) is 4.39 Å². The molecule has 1 unspecified atom stereocenters. The first-order chi connectivity index (χ1) is 10.7. The van der Waals surface area contributed by atoms with Crippen molar-refractivity contribution in [3.05, 3.63) is 89.4 Å². The van der Waals surface area contributed by atoms with E-state index in [-0.39, 0.29) is 11.7 Å². The molecule has 1 atom stereocenters. The summed E-state index contributed by atoms with van der Waals surface area (Å²) in [6, 6.07) is 19.2. The van der Waals surface area contributed by atoms with Gasteiger partial charge in [0, 0.05) is 17.7 Å². The number of aromatic nitrogens is 1. The summed E-state index contributed by atoms with van der Waals surface area (Å²) in [6.07, 6.45) is 1.85. The highest BCUT2D eigenvalue weighted by molar-refractivity contribution is 5.63. The second-order valence-corrected chi connectivity index (χ2v) is 5.55. The Labute approximate surface area is 130 Å². The summed E-state index contributed by atoms with van der Waals surface area (Å²) in [5, 5.41) is 0. The number of hydrogen-bond acceptors (Lipinski definition) is 1. The Morgan fingerprint density at radius 2 is 1.59 bits per heavy atom. The van der Waals surface area contributed by atoms with Gasteiger partial charge in [-0.2, -0.15) is 0 Å². The lowest BCUT2D eigenvalue weighted by Crippen LogP contribution is -1.99. The molecule has 0 bridgehead atoms. The van der Waals surface area contributed by atoms with Crippen LogP contribution in [0.3, 0.4) is 0 Å². The monoisotopic (exact) mass is 291 g/mol. The fraction of sp³-hybridized carbons (Fsp3) is 0.150. The molecule has 110 valence electrons. The van der Waals surface area contributed by atoms with Crippen molar-refractivity contribution in [1.29, 1.82) is 0 Å². The number of rotatable bonds is 3. The first-order valence-corrected chi connectivity index (χ1v) is 7.43. The average Bonchev–Trinajstić information content (AvgIpc) is 2.56. The SMILES string of the molecule is Cc1cc(C(C)c2ccccc2)cnc1-c1ccccc1F. The molecule has 1 heterocycles. The van der Waals surface area contributed by atoms with Crippen molar-refractivity contribution in [3.8, 4) is 11.3 Å². The fourth-order valence-corrected chi connectivity index (χ4v) is 2.70. The van der Waals surface area contributed by atoms with Gasteiger partial charge in [-0.1, -0.05) is 55.5 Å². The van der Waals surface area contributed by atoms with E-state index in [4.69, 9.17) is 0 Å². The summed E-state index contributed by atoms with van der Waals surface area (Å²) in [6.45, 7) is 4.14. The van der Waals surface area contributed by atoms with E-state index >= 15 is 0 Å². The summed E-state index contributed by atoms with van der Waals surface area (Å²) in [4.78, 5) is 4.52. The molecule has 0 saturated heterocycles. The summed E-state index contributed by atoms with van der Waals surface area (Å²) in [7, 11) is 0. The van der Waals surface area contributed by atoms with Crippen LogP contribution in [0.5, 0.6) is 0 Å². The zero-order valence-electron chi connectivity index (χ0n) is 12.8. The minimum absolute atomic E-state index is 0.234. The number of nitrogens with zero attached hydrogens (tertiary/aromatic N) is 1. The standard InChI is InChI=1S/C20H18FN/c1-14-12-17(15(2)16-8-4-3-5-9-16)13-22-20(14)18-10-6-7-11-19(18)21/h3-13,15H,1-2H3. The second kappa shape index (κ2) is 6.10. The summed E-state index contributed by atoms with van der Waals surface area (Å²) < 4.78 is 13.9. The molecule has 0 aliphatic heterocycles. The molecule has 0 spiro atoms. The van der Waals surface area contributed by atoms with Crippen molar-refractivity contribution in [2.24, 2.45) is 0 Å². The molecule has 2 heteroatoms. The van der Waals surface area contributed by atoms with Crippen molar-refractivity contribution in [1.82, 2.24) is 4.98 Å². The molecule has 1 aromatic heterocycles. The maximum Gasteiger partial charge on any atom is 0.132 e. The number of hydrogen-bond donors (Lipinski definition) is 0. The van der Waals surface area contributed by atoms with Gasteiger partial charge in [-0.25, -0.2) is 4.39 Å². The van der Waals surface area contributed by atoms with Crippen LogP contribution in [0.25, 0.3) is 11.3 Å². The Balaban J connectivity index is 1.98. The van der Waals surface area contributed by atoms with Gasteiger partial charge in [0.15, 0.2) is 0 Å². The van der Waals surface area contributed by atoms with Crippen LogP contribution in [0.1, 0.15) is 29.5 Å². The highest BCUT2D eigenvalue weighted by Gasteiger charge is 2.13. The Morgan fingerprint density at radius 3 is 2.27 bits per heavy atom. The Hall–Kier alpha value is -2.48. The number of aryl methyl sites for hydroxylation is 1. The maximum absolute atomic E-state index is 13.9. The number of halogens is 1. The number of benzene rings is 2. The first-order valence-electron chi connectivity index (χ1n) is 7.43. The molecule has 3 rings (SSSR count). The minimum atomic E-state index is -0.234. The van der Waals surface area contributed by atoms with Gasteiger partial charge in [0.1, 0.15) is 5.82 Å². The van der Waals surface area contributed by atoms with E-state index in [1.54, 1.807) is 12.1 Å². The van der Waals surface area contributed by atoms with Crippen LogP contribution in [0.2, 0.25) is 0 Å². The van der Waals surface area contributed by atoms with Gasteiger partial charge in [-0.05, 0) is 35.7 Å². The van der Waals surface area contributed by atoms with Crippen LogP contribution in [0, 0.1) is 12.7 Å². The molecule has 0 saturated carbocycles. The molecule has 0 radical (unpaired) electrons. The van der Waals surface area contributed by atoms with E-state index in [1.165, 1.54) is 11.6 Å². The molecule has 0 N–H and O–H groups in total. The Morgan fingerprint density at radius 1 is 0.909 bits per heavy atom. The predicted molar refractivity (Wildman–Crippen MR) is 88.3 cm³/mol. The third-order valence-electron chi connectivity index (χ3n) is 4.03. The largest absolute Gasteiger partial charge is 0.256 e. The second-order valence-electron chi connectivity index (χ2n) is 5.55. The van der Waals surface area contributed by atoms with Gasteiger partial charge in [0.05, 0.1) is 5.69 Å². The van der Waals surface area contributed by atoms with E-state index in [0.29, 0.717) is 11.3 Å². The Bertz CT molecular complexity index is 781. The summed E-state index contributed by atoms with van der Waals surface area (Å²) in [5.41, 5.74) is 4.65. The van der Waals surface area contributed by atoms with Crippen molar-refractivity contribution in [2.45, 2.75) is 19.8 Å². The molecule has 1 nitrogen and oxygen atoms in total. The third-order valence-corrected chi connectivity index (χ3v) is 4.03. The minimum Gasteiger partial charge on any atom is -0.256 e. The van der Waals surface area contributed by atoms with Gasteiger partial charge in [-0.3, -0.25) is 4.98 Å². The van der Waals surface area contributed by atoms with E-state index in [9.17, 15) is 4.39 Å². The molecular formula is C20H18FN. The molecular weight excluding hydrogens is 273 g/mol. The molecule has 22 heavy (non-hydrogen) atoms. The lowest BCUT2D eigenvalue weighted by molar-refractivity contribution is 0.630. The van der Waals surface area contributed by atoms with Gasteiger partial charge in [0.25, 0.3) is 0 Å². The van der Waals surface area contributed by atoms with Crippen LogP contribution in [0.15, 0.2) is 66.9 Å². The van der Waals surface area contributed by atoms with Crippen molar-refractivity contribution in [3.63, 3.8) is 0 Å². The summed E-state index contributed by atoms with van der Waals surface area (Å²) in [5.74, 6) is 0.0315. The Kier molecular flexibility index (Phi) is 4.01. The molecule has 0 fully saturated rings. The van der Waals surface area contributed by atoms with Gasteiger partial charge >= 0.3 is 0 Å². The lowest BCUT2D eigenvalue weighted by Gasteiger charge is -2.14. The molecule has 3 aromatic rings. The lowest BCUT2D eigenvalue weighted by atomic mass is 9.92. The zero-order valence-corrected chi connectivity index (χ0v) is 12.8. The average molecular weight is 291 g/mol. The van der Waals surface area contributed by atoms with Crippen molar-refractivity contribution in [2.75, 3.05) is 0 Å².